The number of hydrogen-bond donors (Lipinski definition) is 1. The highest BCUT2D eigenvalue weighted by Gasteiger charge is 2.38. The third kappa shape index (κ3) is 4.55. The van der Waals surface area contributed by atoms with Crippen LogP contribution in [0.1, 0.15) is 31.2 Å². The summed E-state index contributed by atoms with van der Waals surface area (Å²) in [5, 5.41) is 9.16. The first-order valence-corrected chi connectivity index (χ1v) is 10.3. The lowest BCUT2D eigenvalue weighted by Gasteiger charge is -2.16. The summed E-state index contributed by atoms with van der Waals surface area (Å²) in [6, 6.07) is 2.02. The van der Waals surface area contributed by atoms with Gasteiger partial charge >= 0.3 is 23.8 Å². The average Bonchev–Trinajstić information content (AvgIpc) is 3.18. The molecule has 0 aliphatic rings. The molecule has 2 heterocycles. The normalized spacial score (nSPS) is 13.6. The number of aliphatic carboxylic acids is 1. The second kappa shape index (κ2) is 9.21. The number of nitrogens with zero attached hydrogens (tertiary/aromatic N) is 2. The Hall–Kier alpha value is -3.61. The van der Waals surface area contributed by atoms with Crippen molar-refractivity contribution in [2.75, 3.05) is 6.61 Å². The summed E-state index contributed by atoms with van der Waals surface area (Å²) in [5.74, 6) is -6.98. The molecule has 0 saturated heterocycles. The third-order valence-electron chi connectivity index (χ3n) is 5.29. The molecule has 188 valence electrons. The number of halogens is 5. The molecule has 0 aliphatic carbocycles. The second-order valence-corrected chi connectivity index (χ2v) is 7.89. The second-order valence-electron chi connectivity index (χ2n) is 7.48. The van der Waals surface area contributed by atoms with Crippen molar-refractivity contribution in [3.05, 3.63) is 61.3 Å². The Labute approximate surface area is 198 Å². The molecule has 35 heavy (non-hydrogen) atoms. The maximum atomic E-state index is 15.0. The molecule has 2 atom stereocenters. The van der Waals surface area contributed by atoms with E-state index in [4.69, 9.17) is 20.8 Å². The van der Waals surface area contributed by atoms with Gasteiger partial charge in [-0.2, -0.15) is 13.2 Å². The fourth-order valence-electron chi connectivity index (χ4n) is 3.58. The van der Waals surface area contributed by atoms with Crippen LogP contribution < -0.4 is 11.2 Å². The Kier molecular flexibility index (Phi) is 6.84. The van der Waals surface area contributed by atoms with Crippen molar-refractivity contribution in [1.29, 1.82) is 0 Å². The number of hydrogen-bond acceptors (Lipinski definition) is 6. The predicted molar refractivity (Wildman–Crippen MR) is 113 cm³/mol. The van der Waals surface area contributed by atoms with Gasteiger partial charge in [-0.3, -0.25) is 19.0 Å². The number of fused-ring (bicyclic) bond motifs is 1. The zero-order chi connectivity index (χ0) is 26.4. The van der Waals surface area contributed by atoms with Crippen molar-refractivity contribution in [2.45, 2.75) is 25.9 Å². The Morgan fingerprint density at radius 3 is 2.40 bits per heavy atom. The highest BCUT2D eigenvalue weighted by atomic mass is 35.5. The molecule has 3 rings (SSSR count). The summed E-state index contributed by atoms with van der Waals surface area (Å²) < 4.78 is 65.1. The van der Waals surface area contributed by atoms with E-state index in [0.717, 1.165) is 7.05 Å². The average molecular weight is 521 g/mol. The van der Waals surface area contributed by atoms with E-state index in [9.17, 15) is 41.8 Å². The number of furan rings is 1. The number of ether oxygens (including phenoxy) is 1. The summed E-state index contributed by atoms with van der Waals surface area (Å²) in [4.78, 5) is 49.0. The van der Waals surface area contributed by atoms with E-state index >= 15 is 0 Å². The molecule has 1 N–H and O–H groups in total. The van der Waals surface area contributed by atoms with E-state index in [0.29, 0.717) is 6.07 Å². The molecule has 0 saturated carbocycles. The van der Waals surface area contributed by atoms with E-state index in [1.807, 2.05) is 0 Å². The molecular formula is C21H17ClF4N2O7. The zero-order valence-corrected chi connectivity index (χ0v) is 19.0. The standard InChI is InChI=1S/C21H17ClF4N2O7/c1-4-34-19(32)15(18(30)31)8(2)12-5-9-10(22)6-11(23)16(17(9)35-12)28-14(29)7-13(21(24,25)26)27(3)20(28)33/h5-8,15H,4H2,1-3H3,(H,30,31). The lowest BCUT2D eigenvalue weighted by Crippen LogP contribution is -2.41. The molecule has 0 radical (unpaired) electrons. The molecule has 2 unspecified atom stereocenters. The topological polar surface area (TPSA) is 121 Å². The van der Waals surface area contributed by atoms with Crippen LogP contribution >= 0.6 is 11.6 Å². The number of carbonyl (C=O) groups is 2. The van der Waals surface area contributed by atoms with Crippen LogP contribution in [0.15, 0.2) is 32.2 Å². The molecule has 0 spiro atoms. The third-order valence-corrected chi connectivity index (χ3v) is 5.61. The number of alkyl halides is 3. The first kappa shape index (κ1) is 26.0. The lowest BCUT2D eigenvalue weighted by molar-refractivity contribution is -0.159. The maximum Gasteiger partial charge on any atom is 0.431 e. The SMILES string of the molecule is CCOC(=O)C(C(=O)O)C(C)c1cc2c(Cl)cc(F)c(-n3c(=O)cc(C(F)(F)F)n(C)c3=O)c2o1. The van der Waals surface area contributed by atoms with E-state index in [-0.39, 0.29) is 38.0 Å². The van der Waals surface area contributed by atoms with Crippen LogP contribution in [0.25, 0.3) is 16.7 Å². The van der Waals surface area contributed by atoms with Gasteiger partial charge in [-0.05, 0) is 19.1 Å². The van der Waals surface area contributed by atoms with Crippen LogP contribution in [0.5, 0.6) is 0 Å². The summed E-state index contributed by atoms with van der Waals surface area (Å²) in [6.07, 6.45) is -5.04. The molecule has 0 amide bonds. The smallest absolute Gasteiger partial charge is 0.431 e. The molecule has 3 aromatic rings. The van der Waals surface area contributed by atoms with Gasteiger partial charge in [0.25, 0.3) is 5.56 Å². The Morgan fingerprint density at radius 2 is 1.86 bits per heavy atom. The van der Waals surface area contributed by atoms with Crippen molar-refractivity contribution in [3.8, 4) is 5.69 Å². The van der Waals surface area contributed by atoms with Gasteiger partial charge in [-0.15, -0.1) is 0 Å². The van der Waals surface area contributed by atoms with Gasteiger partial charge in [0, 0.05) is 24.4 Å². The Balaban J connectivity index is 2.31. The first-order chi connectivity index (χ1) is 16.2. The fraction of sp³-hybridized carbons (Fsp3) is 0.333. The Bertz CT molecular complexity index is 1460. The molecule has 0 fully saturated rings. The molecule has 1 aromatic carbocycles. The summed E-state index contributed by atoms with van der Waals surface area (Å²) in [6.45, 7) is 2.68. The molecule has 9 nitrogen and oxygen atoms in total. The van der Waals surface area contributed by atoms with Gasteiger partial charge in [-0.25, -0.2) is 13.8 Å². The zero-order valence-electron chi connectivity index (χ0n) is 18.3. The first-order valence-electron chi connectivity index (χ1n) is 9.92. The van der Waals surface area contributed by atoms with Gasteiger partial charge < -0.3 is 14.3 Å². The van der Waals surface area contributed by atoms with Gasteiger partial charge in [0.05, 0.1) is 11.6 Å². The van der Waals surface area contributed by atoms with Crippen molar-refractivity contribution in [2.24, 2.45) is 13.0 Å². The summed E-state index contributed by atoms with van der Waals surface area (Å²) >= 11 is 6.06. The summed E-state index contributed by atoms with van der Waals surface area (Å²) in [5.41, 5.74) is -5.91. The minimum Gasteiger partial charge on any atom is -0.481 e. The van der Waals surface area contributed by atoms with Crippen LogP contribution in [0.4, 0.5) is 17.6 Å². The molecule has 14 heteroatoms. The van der Waals surface area contributed by atoms with Crippen molar-refractivity contribution < 1.29 is 41.4 Å². The van der Waals surface area contributed by atoms with Gasteiger partial charge in [0.2, 0.25) is 0 Å². The molecular weight excluding hydrogens is 504 g/mol. The number of benzene rings is 1. The number of carbonyl (C=O) groups excluding carboxylic acids is 1. The maximum absolute atomic E-state index is 15.0. The highest BCUT2D eigenvalue weighted by molar-refractivity contribution is 6.35. The Morgan fingerprint density at radius 1 is 1.23 bits per heavy atom. The van der Waals surface area contributed by atoms with Gasteiger partial charge in [0.1, 0.15) is 17.1 Å². The van der Waals surface area contributed by atoms with Crippen LogP contribution in [-0.4, -0.2) is 32.8 Å². The van der Waals surface area contributed by atoms with E-state index in [1.54, 1.807) is 0 Å². The van der Waals surface area contributed by atoms with Gasteiger partial charge in [0.15, 0.2) is 17.3 Å². The van der Waals surface area contributed by atoms with Crippen LogP contribution in [0.2, 0.25) is 5.02 Å². The molecule has 0 aliphatic heterocycles. The number of esters is 1. The molecule has 0 bridgehead atoms. The van der Waals surface area contributed by atoms with Crippen molar-refractivity contribution >= 4 is 34.5 Å². The van der Waals surface area contributed by atoms with Crippen molar-refractivity contribution in [3.63, 3.8) is 0 Å². The van der Waals surface area contributed by atoms with Crippen LogP contribution in [0, 0.1) is 11.7 Å². The number of carboxylic acid groups (broad SMARTS) is 1. The largest absolute Gasteiger partial charge is 0.481 e. The van der Waals surface area contributed by atoms with E-state index < -0.39 is 64.0 Å². The highest BCUT2D eigenvalue weighted by Crippen LogP contribution is 2.37. The number of aromatic nitrogens is 2. The summed E-state index contributed by atoms with van der Waals surface area (Å²) in [7, 11) is 0.749. The molecule has 2 aromatic heterocycles. The van der Waals surface area contributed by atoms with Gasteiger partial charge in [-0.1, -0.05) is 18.5 Å². The van der Waals surface area contributed by atoms with Crippen LogP contribution in [-0.2, 0) is 27.5 Å². The lowest BCUT2D eigenvalue weighted by atomic mass is 9.92. The number of rotatable bonds is 6. The van der Waals surface area contributed by atoms with E-state index in [2.05, 4.69) is 0 Å². The quantitative estimate of drug-likeness (QED) is 0.300. The fourth-order valence-corrected chi connectivity index (χ4v) is 3.82. The monoisotopic (exact) mass is 520 g/mol. The van der Waals surface area contributed by atoms with Crippen LogP contribution in [0.3, 0.4) is 0 Å². The van der Waals surface area contributed by atoms with Crippen molar-refractivity contribution in [1.82, 2.24) is 9.13 Å². The predicted octanol–water partition coefficient (Wildman–Crippen LogP) is 3.46. The minimum atomic E-state index is -5.04. The number of carboxylic acids is 1. The minimum absolute atomic E-state index is 0.0771. The van der Waals surface area contributed by atoms with E-state index in [1.165, 1.54) is 19.9 Å².